The van der Waals surface area contributed by atoms with Gasteiger partial charge in [-0.1, -0.05) is 29.3 Å². The van der Waals surface area contributed by atoms with E-state index in [9.17, 15) is 0 Å². The number of hydrogen-bond donors (Lipinski definition) is 2. The Morgan fingerprint density at radius 2 is 1.89 bits per heavy atom. The van der Waals surface area contributed by atoms with Gasteiger partial charge in [0, 0.05) is 11.4 Å². The molecule has 0 aliphatic carbocycles. The summed E-state index contributed by atoms with van der Waals surface area (Å²) >= 11 is 17.0. The zero-order valence-corrected chi connectivity index (χ0v) is 12.4. The smallest absolute Gasteiger partial charge is 0.176 e. The maximum atomic E-state index is 5.93. The number of hydrogen-bond acceptors (Lipinski definition) is 2. The summed E-state index contributed by atoms with van der Waals surface area (Å²) < 4.78 is 0. The monoisotopic (exact) mass is 311 g/mol. The molecule has 0 bridgehead atoms. The first kappa shape index (κ1) is 14.1. The third-order valence-corrected chi connectivity index (χ3v) is 3.25. The van der Waals surface area contributed by atoms with Gasteiger partial charge in [-0.2, -0.15) is 0 Å². The molecule has 0 spiro atoms. The van der Waals surface area contributed by atoms with Gasteiger partial charge in [0.1, 0.15) is 5.82 Å². The lowest BCUT2D eigenvalue weighted by Crippen LogP contribution is -2.19. The van der Waals surface area contributed by atoms with Crippen molar-refractivity contribution in [2.75, 3.05) is 10.6 Å². The quantitative estimate of drug-likeness (QED) is 0.800. The van der Waals surface area contributed by atoms with Gasteiger partial charge >= 0.3 is 0 Å². The van der Waals surface area contributed by atoms with Crippen molar-refractivity contribution in [3.05, 3.63) is 52.1 Å². The Labute approximate surface area is 127 Å². The second-order valence-electron chi connectivity index (χ2n) is 3.87. The van der Waals surface area contributed by atoms with Crippen molar-refractivity contribution in [3.8, 4) is 0 Å². The van der Waals surface area contributed by atoms with Gasteiger partial charge in [0.2, 0.25) is 0 Å². The fourth-order valence-corrected chi connectivity index (χ4v) is 1.99. The van der Waals surface area contributed by atoms with E-state index >= 15 is 0 Å². The third kappa shape index (κ3) is 4.06. The molecule has 1 aromatic heterocycles. The van der Waals surface area contributed by atoms with E-state index in [0.29, 0.717) is 21.0 Å². The van der Waals surface area contributed by atoms with Crippen molar-refractivity contribution >= 4 is 52.0 Å². The first-order valence-corrected chi connectivity index (χ1v) is 6.68. The molecule has 0 radical (unpaired) electrons. The van der Waals surface area contributed by atoms with E-state index in [2.05, 4.69) is 15.6 Å². The molecule has 0 saturated heterocycles. The molecule has 19 heavy (non-hydrogen) atoms. The van der Waals surface area contributed by atoms with Crippen LogP contribution in [-0.2, 0) is 0 Å². The first-order valence-electron chi connectivity index (χ1n) is 5.51. The minimum Gasteiger partial charge on any atom is -0.332 e. The van der Waals surface area contributed by atoms with Crippen molar-refractivity contribution in [3.63, 3.8) is 0 Å². The second kappa shape index (κ2) is 6.19. The van der Waals surface area contributed by atoms with Crippen LogP contribution in [0.25, 0.3) is 0 Å². The summed E-state index contributed by atoms with van der Waals surface area (Å²) in [5.41, 5.74) is 1.68. The van der Waals surface area contributed by atoms with Crippen LogP contribution in [0.4, 0.5) is 11.5 Å². The van der Waals surface area contributed by atoms with Gasteiger partial charge in [-0.25, -0.2) is 4.98 Å². The molecule has 1 heterocycles. The van der Waals surface area contributed by atoms with Gasteiger partial charge in [0.05, 0.1) is 10.0 Å². The zero-order valence-electron chi connectivity index (χ0n) is 10.1. The van der Waals surface area contributed by atoms with Crippen molar-refractivity contribution in [1.82, 2.24) is 4.98 Å². The summed E-state index contributed by atoms with van der Waals surface area (Å²) in [6, 6.07) is 10.9. The summed E-state index contributed by atoms with van der Waals surface area (Å²) in [5, 5.41) is 7.44. The second-order valence-corrected chi connectivity index (χ2v) is 5.09. The zero-order chi connectivity index (χ0) is 13.8. The average Bonchev–Trinajstić information content (AvgIpc) is 2.34. The van der Waals surface area contributed by atoms with Crippen LogP contribution in [0.2, 0.25) is 10.0 Å². The molecule has 0 aliphatic heterocycles. The van der Waals surface area contributed by atoms with Crippen LogP contribution in [0.15, 0.2) is 36.4 Å². The molecule has 1 aromatic carbocycles. The molecule has 2 N–H and O–H groups in total. The van der Waals surface area contributed by atoms with E-state index in [1.54, 1.807) is 18.2 Å². The number of thiocarbonyl (C=S) groups is 1. The Morgan fingerprint density at radius 3 is 2.58 bits per heavy atom. The molecule has 98 valence electrons. The minimum atomic E-state index is 0.441. The fourth-order valence-electron chi connectivity index (χ4n) is 1.47. The Hall–Kier alpha value is -1.36. The lowest BCUT2D eigenvalue weighted by Gasteiger charge is -2.10. The third-order valence-electron chi connectivity index (χ3n) is 2.31. The molecule has 0 fully saturated rings. The van der Waals surface area contributed by atoms with Crippen LogP contribution < -0.4 is 10.6 Å². The van der Waals surface area contributed by atoms with Gasteiger partial charge in [0.15, 0.2) is 5.11 Å². The predicted octanol–water partition coefficient (Wildman–Crippen LogP) is 4.51. The van der Waals surface area contributed by atoms with E-state index in [-0.39, 0.29) is 0 Å². The molecule has 0 atom stereocenters. The van der Waals surface area contributed by atoms with E-state index in [0.717, 1.165) is 11.4 Å². The van der Waals surface area contributed by atoms with Crippen LogP contribution in [0, 0.1) is 6.92 Å². The number of anilines is 2. The Balaban J connectivity index is 2.03. The molecular formula is C13H11Cl2N3S. The van der Waals surface area contributed by atoms with Crippen molar-refractivity contribution < 1.29 is 0 Å². The van der Waals surface area contributed by atoms with Gasteiger partial charge < -0.3 is 10.6 Å². The van der Waals surface area contributed by atoms with Gasteiger partial charge in [0.25, 0.3) is 0 Å². The Bertz CT molecular complexity index is 617. The Morgan fingerprint density at radius 1 is 1.11 bits per heavy atom. The van der Waals surface area contributed by atoms with E-state index in [4.69, 9.17) is 35.4 Å². The van der Waals surface area contributed by atoms with Gasteiger partial charge in [-0.3, -0.25) is 0 Å². The molecule has 0 amide bonds. The molecule has 3 nitrogen and oxygen atoms in total. The Kier molecular flexibility index (Phi) is 4.58. The van der Waals surface area contributed by atoms with Gasteiger partial charge in [-0.15, -0.1) is 0 Å². The number of aryl methyl sites for hydroxylation is 1. The van der Waals surface area contributed by atoms with E-state index in [1.165, 1.54) is 0 Å². The molecule has 0 saturated carbocycles. The van der Waals surface area contributed by atoms with Crippen molar-refractivity contribution in [2.24, 2.45) is 0 Å². The molecular weight excluding hydrogens is 301 g/mol. The molecule has 0 aliphatic rings. The number of rotatable bonds is 2. The summed E-state index contributed by atoms with van der Waals surface area (Å²) in [4.78, 5) is 4.30. The summed E-state index contributed by atoms with van der Waals surface area (Å²) in [5.74, 6) is 0.692. The number of halogens is 2. The number of benzene rings is 1. The highest BCUT2D eigenvalue weighted by Crippen LogP contribution is 2.25. The van der Waals surface area contributed by atoms with Crippen molar-refractivity contribution in [2.45, 2.75) is 6.92 Å². The standard InChI is InChI=1S/C13H11Cl2N3S/c1-8-3-2-4-12(16-8)18-13(19)17-9-5-6-10(14)11(15)7-9/h2-7H,1H3,(H2,16,17,18,19). The molecule has 6 heteroatoms. The number of aromatic nitrogens is 1. The highest BCUT2D eigenvalue weighted by atomic mass is 35.5. The number of pyridine rings is 1. The normalized spacial score (nSPS) is 10.1. The largest absolute Gasteiger partial charge is 0.332 e. The SMILES string of the molecule is Cc1cccc(NC(=S)Nc2ccc(Cl)c(Cl)c2)n1. The van der Waals surface area contributed by atoms with Crippen LogP contribution >= 0.6 is 35.4 Å². The van der Waals surface area contributed by atoms with Crippen molar-refractivity contribution in [1.29, 1.82) is 0 Å². The van der Waals surface area contributed by atoms with Crippen LogP contribution in [-0.4, -0.2) is 10.1 Å². The molecule has 0 unspecified atom stereocenters. The average molecular weight is 312 g/mol. The van der Waals surface area contributed by atoms with E-state index in [1.807, 2.05) is 25.1 Å². The fraction of sp³-hybridized carbons (Fsp3) is 0.0769. The van der Waals surface area contributed by atoms with E-state index < -0.39 is 0 Å². The molecule has 2 aromatic rings. The van der Waals surface area contributed by atoms with Crippen LogP contribution in [0.3, 0.4) is 0 Å². The number of nitrogens with one attached hydrogen (secondary N) is 2. The highest BCUT2D eigenvalue weighted by Gasteiger charge is 2.02. The predicted molar refractivity (Wildman–Crippen MR) is 85.3 cm³/mol. The maximum absolute atomic E-state index is 5.93. The lowest BCUT2D eigenvalue weighted by atomic mass is 10.3. The first-order chi connectivity index (χ1) is 9.04. The maximum Gasteiger partial charge on any atom is 0.176 e. The summed E-state index contributed by atoms with van der Waals surface area (Å²) in [6.07, 6.45) is 0. The van der Waals surface area contributed by atoms with Crippen LogP contribution in [0.5, 0.6) is 0 Å². The number of nitrogens with zero attached hydrogens (tertiary/aromatic N) is 1. The summed E-state index contributed by atoms with van der Waals surface area (Å²) in [6.45, 7) is 1.92. The highest BCUT2D eigenvalue weighted by molar-refractivity contribution is 7.80. The topological polar surface area (TPSA) is 37.0 Å². The van der Waals surface area contributed by atoms with Gasteiger partial charge in [-0.05, 0) is 49.5 Å². The summed E-state index contributed by atoms with van der Waals surface area (Å²) in [7, 11) is 0. The minimum absolute atomic E-state index is 0.441. The molecule has 2 rings (SSSR count). The van der Waals surface area contributed by atoms with Crippen LogP contribution in [0.1, 0.15) is 5.69 Å². The lowest BCUT2D eigenvalue weighted by molar-refractivity contribution is 1.21.